The van der Waals surface area contributed by atoms with E-state index < -0.39 is 12.0 Å². The fraction of sp³-hybridized carbons (Fsp3) is 0.667. The Bertz CT molecular complexity index is 209. The predicted octanol–water partition coefficient (Wildman–Crippen LogP) is -4.89. The van der Waals surface area contributed by atoms with Gasteiger partial charge in [-0.1, -0.05) is 0 Å². The zero-order chi connectivity index (χ0) is 8.59. The SMILES string of the molecule is CN1CC(C(=O)[O-])N(C)C1=O.[Li+]. The minimum Gasteiger partial charge on any atom is -0.548 e. The van der Waals surface area contributed by atoms with Crippen molar-refractivity contribution in [1.29, 1.82) is 0 Å². The van der Waals surface area contributed by atoms with Crippen LogP contribution < -0.4 is 24.0 Å². The Hall–Kier alpha value is -0.663. The molecule has 6 heteroatoms. The second-order valence-electron chi connectivity index (χ2n) is 2.61. The van der Waals surface area contributed by atoms with E-state index in [1.807, 2.05) is 0 Å². The van der Waals surface area contributed by atoms with Crippen molar-refractivity contribution in [3.05, 3.63) is 0 Å². The molecule has 0 aliphatic carbocycles. The molecule has 0 aromatic heterocycles. The third-order valence-electron chi connectivity index (χ3n) is 1.81. The summed E-state index contributed by atoms with van der Waals surface area (Å²) in [5.74, 6) is -1.20. The Labute approximate surface area is 82.5 Å². The average molecular weight is 164 g/mol. The number of hydrogen-bond donors (Lipinski definition) is 0. The molecule has 0 aromatic carbocycles. The van der Waals surface area contributed by atoms with Crippen molar-refractivity contribution in [2.75, 3.05) is 20.6 Å². The van der Waals surface area contributed by atoms with Gasteiger partial charge >= 0.3 is 24.9 Å². The number of carboxylic acid groups (broad SMARTS) is 1. The van der Waals surface area contributed by atoms with Crippen LogP contribution in [0.1, 0.15) is 0 Å². The van der Waals surface area contributed by atoms with Crippen molar-refractivity contribution in [2.45, 2.75) is 6.04 Å². The van der Waals surface area contributed by atoms with Gasteiger partial charge in [0, 0.05) is 20.6 Å². The number of aliphatic carboxylic acids is 1. The summed E-state index contributed by atoms with van der Waals surface area (Å²) in [4.78, 5) is 23.9. The number of carboxylic acids is 1. The Balaban J connectivity index is 0.00000121. The van der Waals surface area contributed by atoms with Crippen molar-refractivity contribution in [3.8, 4) is 0 Å². The van der Waals surface area contributed by atoms with Gasteiger partial charge in [-0.25, -0.2) is 4.79 Å². The van der Waals surface area contributed by atoms with Gasteiger partial charge in [0.2, 0.25) is 0 Å². The third kappa shape index (κ3) is 1.74. The van der Waals surface area contributed by atoms with Gasteiger partial charge in [0.1, 0.15) is 0 Å². The molecule has 0 N–H and O–H groups in total. The smallest absolute Gasteiger partial charge is 0.548 e. The van der Waals surface area contributed by atoms with Crippen LogP contribution in [0.25, 0.3) is 0 Å². The van der Waals surface area contributed by atoms with E-state index in [9.17, 15) is 14.7 Å². The normalized spacial score (nSPS) is 22.5. The van der Waals surface area contributed by atoms with Gasteiger partial charge in [-0.15, -0.1) is 0 Å². The number of carbonyl (C=O) groups excluding carboxylic acids is 2. The second kappa shape index (κ2) is 3.83. The Kier molecular flexibility index (Phi) is 3.62. The first kappa shape index (κ1) is 11.3. The topological polar surface area (TPSA) is 63.7 Å². The molecule has 1 aliphatic rings. The number of urea groups is 1. The van der Waals surface area contributed by atoms with E-state index in [1.165, 1.54) is 11.9 Å². The van der Waals surface area contributed by atoms with Crippen molar-refractivity contribution in [1.82, 2.24) is 9.80 Å². The Morgan fingerprint density at radius 1 is 1.58 bits per heavy atom. The number of rotatable bonds is 1. The van der Waals surface area contributed by atoms with Crippen LogP contribution in [0.5, 0.6) is 0 Å². The molecule has 1 saturated heterocycles. The first-order valence-electron chi connectivity index (χ1n) is 3.23. The van der Waals surface area contributed by atoms with Crippen LogP contribution in [0, 0.1) is 0 Å². The van der Waals surface area contributed by atoms with Crippen LogP contribution >= 0.6 is 0 Å². The van der Waals surface area contributed by atoms with Crippen LogP contribution in [0.15, 0.2) is 0 Å². The van der Waals surface area contributed by atoms with E-state index >= 15 is 0 Å². The molecule has 1 atom stereocenters. The molecular weight excluding hydrogens is 155 g/mol. The van der Waals surface area contributed by atoms with E-state index in [0.29, 0.717) is 0 Å². The van der Waals surface area contributed by atoms with Gasteiger partial charge in [-0.3, -0.25) is 0 Å². The number of amides is 2. The van der Waals surface area contributed by atoms with Crippen molar-refractivity contribution >= 4 is 12.0 Å². The maximum Gasteiger partial charge on any atom is 1.00 e. The molecule has 1 rings (SSSR count). The van der Waals surface area contributed by atoms with Gasteiger partial charge in [0.15, 0.2) is 0 Å². The number of nitrogens with zero attached hydrogens (tertiary/aromatic N) is 2. The molecule has 1 aliphatic heterocycles. The van der Waals surface area contributed by atoms with E-state index in [0.717, 1.165) is 4.90 Å². The van der Waals surface area contributed by atoms with Crippen molar-refractivity contribution < 1.29 is 33.6 Å². The number of likely N-dealkylation sites (N-methyl/N-ethyl adjacent to an activating group) is 2. The van der Waals surface area contributed by atoms with E-state index in [2.05, 4.69) is 0 Å². The van der Waals surface area contributed by atoms with Gasteiger partial charge in [-0.05, 0) is 0 Å². The van der Waals surface area contributed by atoms with Gasteiger partial charge in [0.05, 0.1) is 12.0 Å². The molecule has 0 radical (unpaired) electrons. The summed E-state index contributed by atoms with van der Waals surface area (Å²) >= 11 is 0. The summed E-state index contributed by atoms with van der Waals surface area (Å²) < 4.78 is 0. The van der Waals surface area contributed by atoms with Crippen LogP contribution in [0.3, 0.4) is 0 Å². The van der Waals surface area contributed by atoms with E-state index in [1.54, 1.807) is 7.05 Å². The summed E-state index contributed by atoms with van der Waals surface area (Å²) in [5, 5.41) is 10.4. The minimum atomic E-state index is -1.20. The van der Waals surface area contributed by atoms with Crippen LogP contribution in [-0.2, 0) is 4.79 Å². The molecule has 0 aromatic rings. The average Bonchev–Trinajstić information content (AvgIpc) is 2.17. The quantitative estimate of drug-likeness (QED) is 0.365. The second-order valence-corrected chi connectivity index (χ2v) is 2.61. The molecule has 12 heavy (non-hydrogen) atoms. The first-order chi connectivity index (χ1) is 5.04. The summed E-state index contributed by atoms with van der Waals surface area (Å²) in [5.41, 5.74) is 0. The van der Waals surface area contributed by atoms with Crippen molar-refractivity contribution in [2.24, 2.45) is 0 Å². The minimum absolute atomic E-state index is 0. The van der Waals surface area contributed by atoms with Crippen LogP contribution in [-0.4, -0.2) is 48.5 Å². The third-order valence-corrected chi connectivity index (χ3v) is 1.81. The zero-order valence-electron chi connectivity index (χ0n) is 7.40. The molecule has 1 unspecified atom stereocenters. The van der Waals surface area contributed by atoms with Gasteiger partial charge in [0.25, 0.3) is 0 Å². The van der Waals surface area contributed by atoms with Gasteiger partial charge < -0.3 is 19.7 Å². The summed E-state index contributed by atoms with van der Waals surface area (Å²) in [7, 11) is 3.01. The molecule has 1 fully saturated rings. The Morgan fingerprint density at radius 3 is 2.25 bits per heavy atom. The van der Waals surface area contributed by atoms with E-state index in [-0.39, 0.29) is 31.4 Å². The zero-order valence-corrected chi connectivity index (χ0v) is 7.40. The van der Waals surface area contributed by atoms with Crippen LogP contribution in [0.2, 0.25) is 0 Å². The maximum absolute atomic E-state index is 11.0. The van der Waals surface area contributed by atoms with E-state index in [4.69, 9.17) is 0 Å². The largest absolute Gasteiger partial charge is 1.00 e. The summed E-state index contributed by atoms with van der Waals surface area (Å²) in [6, 6.07) is -1.08. The van der Waals surface area contributed by atoms with Gasteiger partial charge in [-0.2, -0.15) is 0 Å². The number of hydrogen-bond acceptors (Lipinski definition) is 3. The number of carbonyl (C=O) groups is 2. The molecule has 62 valence electrons. The summed E-state index contributed by atoms with van der Waals surface area (Å²) in [6.45, 7) is 0.206. The first-order valence-corrected chi connectivity index (χ1v) is 3.23. The molecular formula is C6H9LiN2O3. The maximum atomic E-state index is 11.0. The standard InChI is InChI=1S/C6H10N2O3.Li/c1-7-3-4(5(9)10)8(2)6(7)11;/h4H,3H2,1-2H3,(H,9,10);/q;+1/p-1. The fourth-order valence-electron chi connectivity index (χ4n) is 1.10. The monoisotopic (exact) mass is 164 g/mol. The van der Waals surface area contributed by atoms with Crippen LogP contribution in [0.4, 0.5) is 4.79 Å². The predicted molar refractivity (Wildman–Crippen MR) is 34.6 cm³/mol. The molecule has 0 saturated carbocycles. The Morgan fingerprint density at radius 2 is 2.08 bits per heavy atom. The molecule has 5 nitrogen and oxygen atoms in total. The summed E-state index contributed by atoms with van der Waals surface area (Å²) in [6.07, 6.45) is 0. The molecule has 0 bridgehead atoms. The molecule has 1 heterocycles. The fourth-order valence-corrected chi connectivity index (χ4v) is 1.10. The molecule has 2 amide bonds. The molecule has 0 spiro atoms. The van der Waals surface area contributed by atoms with Crippen molar-refractivity contribution in [3.63, 3.8) is 0 Å².